The number of pyridine rings is 1. The van der Waals surface area contributed by atoms with Crippen molar-refractivity contribution in [1.29, 1.82) is 0 Å². The number of hydrogen-bond donors (Lipinski definition) is 1. The minimum Gasteiger partial charge on any atom is -0.381 e. The molecular formula is C23H18FN5. The number of fused-ring (bicyclic) bond motifs is 2. The van der Waals surface area contributed by atoms with E-state index < -0.39 is 0 Å². The highest BCUT2D eigenvalue weighted by molar-refractivity contribution is 5.97. The van der Waals surface area contributed by atoms with Crippen molar-refractivity contribution in [3.63, 3.8) is 0 Å². The first-order valence-electron chi connectivity index (χ1n) is 9.31. The summed E-state index contributed by atoms with van der Waals surface area (Å²) in [7, 11) is 2.03. The molecule has 0 aliphatic rings. The third kappa shape index (κ3) is 3.18. The van der Waals surface area contributed by atoms with Gasteiger partial charge in [-0.15, -0.1) is 0 Å². The highest BCUT2D eigenvalue weighted by Crippen LogP contribution is 2.32. The van der Waals surface area contributed by atoms with E-state index >= 15 is 0 Å². The topological polar surface area (TPSA) is 55.6 Å². The molecule has 5 nitrogen and oxygen atoms in total. The van der Waals surface area contributed by atoms with Gasteiger partial charge >= 0.3 is 0 Å². The van der Waals surface area contributed by atoms with Crippen molar-refractivity contribution in [3.8, 4) is 11.1 Å². The fourth-order valence-corrected chi connectivity index (χ4v) is 3.56. The lowest BCUT2D eigenvalue weighted by atomic mass is 10.0. The van der Waals surface area contributed by atoms with Gasteiger partial charge in [-0.1, -0.05) is 12.1 Å². The zero-order valence-electron chi connectivity index (χ0n) is 15.8. The molecule has 29 heavy (non-hydrogen) atoms. The second-order valence-corrected chi connectivity index (χ2v) is 6.97. The van der Waals surface area contributed by atoms with Crippen LogP contribution in [0, 0.1) is 5.82 Å². The van der Waals surface area contributed by atoms with Crippen LogP contribution in [-0.2, 0) is 13.6 Å². The second-order valence-electron chi connectivity index (χ2n) is 6.97. The number of benzene rings is 2. The van der Waals surface area contributed by atoms with Crippen LogP contribution in [-0.4, -0.2) is 19.5 Å². The maximum atomic E-state index is 13.9. The van der Waals surface area contributed by atoms with Crippen molar-refractivity contribution in [3.05, 3.63) is 84.8 Å². The Kier molecular flexibility index (Phi) is 4.17. The van der Waals surface area contributed by atoms with Crippen LogP contribution < -0.4 is 5.32 Å². The van der Waals surface area contributed by atoms with E-state index in [0.717, 1.165) is 33.4 Å². The molecule has 142 valence electrons. The number of nitrogens with zero attached hydrogens (tertiary/aromatic N) is 4. The molecule has 0 saturated carbocycles. The SMILES string of the molecule is Cn1ccc2ccc(-c3cc(NCc4cnccc4F)cc4nccnc34)cc21. The molecule has 0 atom stereocenters. The van der Waals surface area contributed by atoms with Crippen LogP contribution >= 0.6 is 0 Å². The number of halogens is 1. The van der Waals surface area contributed by atoms with Gasteiger partial charge in [-0.2, -0.15) is 0 Å². The summed E-state index contributed by atoms with van der Waals surface area (Å²) in [5.74, 6) is -0.275. The van der Waals surface area contributed by atoms with Gasteiger partial charge in [-0.25, -0.2) is 4.39 Å². The van der Waals surface area contributed by atoms with Gasteiger partial charge in [0.15, 0.2) is 0 Å². The van der Waals surface area contributed by atoms with E-state index in [1.165, 1.54) is 23.8 Å². The van der Waals surface area contributed by atoms with Crippen molar-refractivity contribution in [1.82, 2.24) is 19.5 Å². The van der Waals surface area contributed by atoms with Gasteiger partial charge in [0.25, 0.3) is 0 Å². The summed E-state index contributed by atoms with van der Waals surface area (Å²) in [6.45, 7) is 0.335. The van der Waals surface area contributed by atoms with Gasteiger partial charge in [-0.05, 0) is 41.3 Å². The number of nitrogens with one attached hydrogen (secondary N) is 1. The van der Waals surface area contributed by atoms with Gasteiger partial charge in [0, 0.05) is 66.9 Å². The summed E-state index contributed by atoms with van der Waals surface area (Å²) in [4.78, 5) is 13.0. The minimum absolute atomic E-state index is 0.275. The van der Waals surface area contributed by atoms with E-state index in [0.29, 0.717) is 12.1 Å². The summed E-state index contributed by atoms with van der Waals surface area (Å²) >= 11 is 0. The van der Waals surface area contributed by atoms with E-state index in [-0.39, 0.29) is 5.82 Å². The largest absolute Gasteiger partial charge is 0.381 e. The fourth-order valence-electron chi connectivity index (χ4n) is 3.56. The number of anilines is 1. The quantitative estimate of drug-likeness (QED) is 0.478. The Morgan fingerprint density at radius 2 is 1.90 bits per heavy atom. The maximum Gasteiger partial charge on any atom is 0.131 e. The summed E-state index contributed by atoms with van der Waals surface area (Å²) in [6, 6.07) is 13.8. The Morgan fingerprint density at radius 3 is 2.79 bits per heavy atom. The van der Waals surface area contributed by atoms with E-state index in [2.05, 4.69) is 49.1 Å². The molecular weight excluding hydrogens is 365 g/mol. The molecule has 0 spiro atoms. The molecule has 0 aliphatic carbocycles. The lowest BCUT2D eigenvalue weighted by molar-refractivity contribution is 0.610. The van der Waals surface area contributed by atoms with Crippen molar-refractivity contribution in [2.75, 3.05) is 5.32 Å². The smallest absolute Gasteiger partial charge is 0.131 e. The summed E-state index contributed by atoms with van der Waals surface area (Å²) in [5.41, 5.74) is 6.16. The van der Waals surface area contributed by atoms with Crippen LogP contribution in [0.3, 0.4) is 0 Å². The number of rotatable bonds is 4. The van der Waals surface area contributed by atoms with Crippen LogP contribution in [0.1, 0.15) is 5.56 Å². The summed E-state index contributed by atoms with van der Waals surface area (Å²) in [6.07, 6.45) is 8.41. The van der Waals surface area contributed by atoms with Crippen molar-refractivity contribution < 1.29 is 4.39 Å². The lowest BCUT2D eigenvalue weighted by Gasteiger charge is -2.12. The van der Waals surface area contributed by atoms with Crippen LogP contribution in [0.25, 0.3) is 33.1 Å². The average molecular weight is 383 g/mol. The molecule has 1 N–H and O–H groups in total. The standard InChI is InChI=1S/C23H18FN5/c1-29-9-5-15-2-3-16(10-22(15)29)19-11-18(12-21-23(19)27-8-7-26-21)28-14-17-13-25-6-4-20(17)24/h2-13,28H,14H2,1H3. The molecule has 6 heteroatoms. The van der Waals surface area contributed by atoms with Crippen molar-refractivity contribution >= 4 is 27.6 Å². The number of hydrogen-bond acceptors (Lipinski definition) is 4. The van der Waals surface area contributed by atoms with Gasteiger partial charge in [0.05, 0.1) is 11.0 Å². The van der Waals surface area contributed by atoms with Gasteiger partial charge < -0.3 is 9.88 Å². The predicted molar refractivity (Wildman–Crippen MR) is 113 cm³/mol. The molecule has 0 unspecified atom stereocenters. The number of aromatic nitrogens is 4. The van der Waals surface area contributed by atoms with Crippen molar-refractivity contribution in [2.24, 2.45) is 7.05 Å². The average Bonchev–Trinajstić information content (AvgIpc) is 3.13. The molecule has 0 fully saturated rings. The summed E-state index contributed by atoms with van der Waals surface area (Å²) in [5, 5.41) is 4.48. The zero-order chi connectivity index (χ0) is 19.8. The molecule has 3 aromatic heterocycles. The van der Waals surface area contributed by atoms with Gasteiger partial charge in [-0.3, -0.25) is 15.0 Å². The Balaban J connectivity index is 1.60. The molecule has 0 amide bonds. The first kappa shape index (κ1) is 17.3. The third-order valence-corrected chi connectivity index (χ3v) is 5.10. The maximum absolute atomic E-state index is 13.9. The monoisotopic (exact) mass is 383 g/mol. The zero-order valence-corrected chi connectivity index (χ0v) is 15.8. The Morgan fingerprint density at radius 1 is 1.00 bits per heavy atom. The first-order chi connectivity index (χ1) is 14.2. The van der Waals surface area contributed by atoms with Crippen molar-refractivity contribution in [2.45, 2.75) is 6.54 Å². The molecule has 0 radical (unpaired) electrons. The lowest BCUT2D eigenvalue weighted by Crippen LogP contribution is -2.03. The molecule has 0 bridgehead atoms. The third-order valence-electron chi connectivity index (χ3n) is 5.10. The molecule has 5 rings (SSSR count). The highest BCUT2D eigenvalue weighted by Gasteiger charge is 2.11. The molecule has 3 heterocycles. The molecule has 0 aliphatic heterocycles. The van der Waals surface area contributed by atoms with Crippen LogP contribution in [0.5, 0.6) is 0 Å². The molecule has 0 saturated heterocycles. The normalized spacial score (nSPS) is 11.2. The first-order valence-corrected chi connectivity index (χ1v) is 9.31. The van der Waals surface area contributed by atoms with Crippen LogP contribution in [0.2, 0.25) is 0 Å². The van der Waals surface area contributed by atoms with Gasteiger partial charge in [0.2, 0.25) is 0 Å². The number of aryl methyl sites for hydroxylation is 1. The Hall–Kier alpha value is -3.80. The molecule has 5 aromatic rings. The Bertz CT molecular complexity index is 1340. The summed E-state index contributed by atoms with van der Waals surface area (Å²) < 4.78 is 16.0. The van der Waals surface area contributed by atoms with Crippen LogP contribution in [0.4, 0.5) is 10.1 Å². The molecule has 2 aromatic carbocycles. The second kappa shape index (κ2) is 6.98. The fraction of sp³-hybridized carbons (Fsp3) is 0.0870. The highest BCUT2D eigenvalue weighted by atomic mass is 19.1. The van der Waals surface area contributed by atoms with E-state index in [1.54, 1.807) is 12.4 Å². The van der Waals surface area contributed by atoms with E-state index in [9.17, 15) is 4.39 Å². The van der Waals surface area contributed by atoms with Gasteiger partial charge in [0.1, 0.15) is 5.82 Å². The minimum atomic E-state index is -0.275. The Labute approximate surface area is 166 Å². The van der Waals surface area contributed by atoms with E-state index in [4.69, 9.17) is 0 Å². The van der Waals surface area contributed by atoms with E-state index in [1.807, 2.05) is 25.4 Å². The van der Waals surface area contributed by atoms with Crippen LogP contribution in [0.15, 0.2) is 73.4 Å². The predicted octanol–water partition coefficient (Wildman–Crippen LogP) is 4.93.